The molecule has 0 bridgehead atoms. The van der Waals surface area contributed by atoms with E-state index in [-0.39, 0.29) is 0 Å². The van der Waals surface area contributed by atoms with E-state index in [1.54, 1.807) is 0 Å². The highest BCUT2D eigenvalue weighted by atomic mass is 14.8. The fourth-order valence-corrected chi connectivity index (χ4v) is 1.19. The van der Waals surface area contributed by atoms with Crippen LogP contribution >= 0.6 is 0 Å². The van der Waals surface area contributed by atoms with Crippen molar-refractivity contribution < 1.29 is 0 Å². The summed E-state index contributed by atoms with van der Waals surface area (Å²) in [5.74, 6) is 0. The van der Waals surface area contributed by atoms with Crippen molar-refractivity contribution in [2.24, 2.45) is 4.99 Å². The van der Waals surface area contributed by atoms with Crippen LogP contribution < -0.4 is 0 Å². The van der Waals surface area contributed by atoms with Crippen molar-refractivity contribution in [1.82, 2.24) is 0 Å². The zero-order chi connectivity index (χ0) is 9.94. The van der Waals surface area contributed by atoms with Gasteiger partial charge in [0.15, 0.2) is 0 Å². The highest BCUT2D eigenvalue weighted by Gasteiger charge is 1.99. The normalized spacial score (nSPS) is 14.4. The summed E-state index contributed by atoms with van der Waals surface area (Å²) in [6.07, 6.45) is 12.2. The Morgan fingerprint density at radius 1 is 1.23 bits per heavy atom. The third-order valence-electron chi connectivity index (χ3n) is 2.12. The Labute approximate surface area is 83.0 Å². The largest absolute Gasteiger partial charge is 0.290 e. The molecule has 0 aliphatic heterocycles. The number of rotatable bonds is 7. The molecule has 1 nitrogen and oxygen atoms in total. The summed E-state index contributed by atoms with van der Waals surface area (Å²) >= 11 is 0. The minimum absolute atomic E-state index is 0.543. The van der Waals surface area contributed by atoms with Crippen LogP contribution in [-0.2, 0) is 0 Å². The van der Waals surface area contributed by atoms with Crippen LogP contribution in [-0.4, -0.2) is 12.3 Å². The van der Waals surface area contributed by atoms with Gasteiger partial charge in [-0.3, -0.25) is 4.99 Å². The lowest BCUT2D eigenvalue weighted by Crippen LogP contribution is -2.01. The molecular weight excluding hydrogens is 158 g/mol. The second kappa shape index (κ2) is 9.50. The predicted octanol–water partition coefficient (Wildman–Crippen LogP) is 3.99. The third-order valence-corrected chi connectivity index (χ3v) is 2.12. The molecule has 0 amide bonds. The van der Waals surface area contributed by atoms with E-state index in [0.29, 0.717) is 6.04 Å². The maximum absolute atomic E-state index is 4.51. The van der Waals surface area contributed by atoms with Gasteiger partial charge in [-0.25, -0.2) is 0 Å². The highest BCUT2D eigenvalue weighted by molar-refractivity contribution is 5.71. The minimum Gasteiger partial charge on any atom is -0.290 e. The molecular formula is C12H23N. The number of unbranched alkanes of at least 4 members (excludes halogenated alkanes) is 1. The maximum Gasteiger partial charge on any atom is 0.0497 e. The van der Waals surface area contributed by atoms with E-state index in [9.17, 15) is 0 Å². The van der Waals surface area contributed by atoms with Gasteiger partial charge in [0, 0.05) is 12.3 Å². The zero-order valence-electron chi connectivity index (χ0n) is 9.29. The van der Waals surface area contributed by atoms with Crippen LogP contribution in [0.1, 0.15) is 52.9 Å². The van der Waals surface area contributed by atoms with Gasteiger partial charge in [0.1, 0.15) is 0 Å². The zero-order valence-corrected chi connectivity index (χ0v) is 9.29. The van der Waals surface area contributed by atoms with E-state index >= 15 is 0 Å². The fraction of sp³-hybridized carbons (Fsp3) is 0.750. The Kier molecular flexibility index (Phi) is 9.07. The Balaban J connectivity index is 3.68. The topological polar surface area (TPSA) is 12.4 Å². The summed E-state index contributed by atoms with van der Waals surface area (Å²) in [5, 5.41) is 0. The molecule has 0 saturated heterocycles. The van der Waals surface area contributed by atoms with Gasteiger partial charge in [-0.05, 0) is 25.3 Å². The average molecular weight is 181 g/mol. The summed E-state index contributed by atoms with van der Waals surface area (Å²) < 4.78 is 0. The number of hydrogen-bond donors (Lipinski definition) is 0. The van der Waals surface area contributed by atoms with Crippen LogP contribution in [0.4, 0.5) is 0 Å². The van der Waals surface area contributed by atoms with Gasteiger partial charge < -0.3 is 0 Å². The van der Waals surface area contributed by atoms with Gasteiger partial charge in [0.05, 0.1) is 0 Å². The van der Waals surface area contributed by atoms with Crippen molar-refractivity contribution in [1.29, 1.82) is 0 Å². The summed E-state index contributed by atoms with van der Waals surface area (Å²) in [7, 11) is 0. The average Bonchev–Trinajstić information content (AvgIpc) is 2.17. The van der Waals surface area contributed by atoms with Gasteiger partial charge >= 0.3 is 0 Å². The van der Waals surface area contributed by atoms with E-state index in [4.69, 9.17) is 0 Å². The Hall–Kier alpha value is -0.590. The monoisotopic (exact) mass is 181 g/mol. The van der Waals surface area contributed by atoms with E-state index in [1.165, 1.54) is 19.3 Å². The molecule has 0 saturated carbocycles. The number of aliphatic imine (C=N–C) groups is 1. The van der Waals surface area contributed by atoms with Crippen LogP contribution in [0.2, 0.25) is 0 Å². The lowest BCUT2D eigenvalue weighted by molar-refractivity contribution is 0.567. The molecule has 1 atom stereocenters. The fourth-order valence-electron chi connectivity index (χ4n) is 1.19. The molecule has 0 aliphatic rings. The summed E-state index contributed by atoms with van der Waals surface area (Å²) in [6, 6.07) is 0.543. The molecule has 0 aliphatic carbocycles. The van der Waals surface area contributed by atoms with Crippen LogP contribution in [0.5, 0.6) is 0 Å². The smallest absolute Gasteiger partial charge is 0.0497 e. The molecule has 76 valence electrons. The lowest BCUT2D eigenvalue weighted by atomic mass is 10.1. The van der Waals surface area contributed by atoms with Gasteiger partial charge in [-0.2, -0.15) is 0 Å². The van der Waals surface area contributed by atoms with Gasteiger partial charge in [0.25, 0.3) is 0 Å². The molecule has 0 radical (unpaired) electrons. The maximum atomic E-state index is 4.51. The van der Waals surface area contributed by atoms with Crippen molar-refractivity contribution in [3.63, 3.8) is 0 Å². The van der Waals surface area contributed by atoms with Gasteiger partial charge in [-0.15, -0.1) is 0 Å². The molecule has 1 heteroatoms. The second-order valence-electron chi connectivity index (χ2n) is 3.34. The SMILES string of the molecule is CCC=CC=NC(CC)CCCC. The van der Waals surface area contributed by atoms with E-state index in [0.717, 1.165) is 12.8 Å². The van der Waals surface area contributed by atoms with Crippen LogP contribution in [0.15, 0.2) is 17.1 Å². The summed E-state index contributed by atoms with van der Waals surface area (Å²) in [5.41, 5.74) is 0. The molecule has 0 spiro atoms. The summed E-state index contributed by atoms with van der Waals surface area (Å²) in [4.78, 5) is 4.51. The first-order chi connectivity index (χ1) is 6.35. The van der Waals surface area contributed by atoms with E-state index in [1.807, 2.05) is 6.21 Å². The molecule has 0 heterocycles. The lowest BCUT2D eigenvalue weighted by Gasteiger charge is -2.07. The van der Waals surface area contributed by atoms with Crippen LogP contribution in [0.3, 0.4) is 0 Å². The van der Waals surface area contributed by atoms with Crippen molar-refractivity contribution in [3.05, 3.63) is 12.2 Å². The van der Waals surface area contributed by atoms with Crippen molar-refractivity contribution >= 4 is 6.21 Å². The molecule has 0 rings (SSSR count). The standard InChI is InChI=1S/C12H23N/c1-4-7-9-11-13-12(6-3)10-8-5-2/h7,9,11-12H,4-6,8,10H2,1-3H3. The van der Waals surface area contributed by atoms with Crippen LogP contribution in [0.25, 0.3) is 0 Å². The molecule has 13 heavy (non-hydrogen) atoms. The molecule has 1 unspecified atom stereocenters. The predicted molar refractivity (Wildman–Crippen MR) is 61.5 cm³/mol. The third kappa shape index (κ3) is 7.76. The molecule has 0 aromatic carbocycles. The number of allylic oxidation sites excluding steroid dienone is 2. The number of nitrogens with zero attached hydrogens (tertiary/aromatic N) is 1. The number of hydrogen-bond acceptors (Lipinski definition) is 1. The Morgan fingerprint density at radius 2 is 2.00 bits per heavy atom. The molecule has 0 N–H and O–H groups in total. The Bertz CT molecular complexity index is 147. The first-order valence-electron chi connectivity index (χ1n) is 5.53. The molecule has 0 aromatic heterocycles. The first-order valence-corrected chi connectivity index (χ1v) is 5.53. The van der Waals surface area contributed by atoms with Gasteiger partial charge in [-0.1, -0.05) is 39.7 Å². The van der Waals surface area contributed by atoms with E-state index in [2.05, 4.69) is 37.9 Å². The molecule has 0 aromatic rings. The first kappa shape index (κ1) is 12.4. The minimum atomic E-state index is 0.543. The van der Waals surface area contributed by atoms with Gasteiger partial charge in [0.2, 0.25) is 0 Å². The van der Waals surface area contributed by atoms with Crippen LogP contribution in [0, 0.1) is 0 Å². The van der Waals surface area contributed by atoms with Crippen molar-refractivity contribution in [2.75, 3.05) is 0 Å². The van der Waals surface area contributed by atoms with Crippen molar-refractivity contribution in [3.8, 4) is 0 Å². The van der Waals surface area contributed by atoms with Crippen molar-refractivity contribution in [2.45, 2.75) is 58.9 Å². The van der Waals surface area contributed by atoms with E-state index < -0.39 is 0 Å². The molecule has 0 fully saturated rings. The second-order valence-corrected chi connectivity index (χ2v) is 3.34. The summed E-state index contributed by atoms with van der Waals surface area (Å²) in [6.45, 7) is 6.58. The quantitative estimate of drug-likeness (QED) is 0.527. The Morgan fingerprint density at radius 3 is 2.54 bits per heavy atom. The highest BCUT2D eigenvalue weighted by Crippen LogP contribution is 2.07.